The fourth-order valence-electron chi connectivity index (χ4n) is 5.32. The lowest BCUT2D eigenvalue weighted by Gasteiger charge is -2.30. The first-order valence-electron chi connectivity index (χ1n) is 13.7. The lowest BCUT2D eigenvalue weighted by Crippen LogP contribution is -2.43. The third-order valence-corrected chi connectivity index (χ3v) is 8.32. The molecule has 5 rings (SSSR count). The lowest BCUT2D eigenvalue weighted by molar-refractivity contribution is -0.123. The summed E-state index contributed by atoms with van der Waals surface area (Å²) in [4.78, 5) is 41.4. The number of hydrogen-bond acceptors (Lipinski definition) is 7. The first-order chi connectivity index (χ1) is 19.8. The van der Waals surface area contributed by atoms with Gasteiger partial charge in [0.1, 0.15) is 16.4 Å². The minimum atomic E-state index is -1.17. The summed E-state index contributed by atoms with van der Waals surface area (Å²) < 4.78 is 9.94. The highest BCUT2D eigenvalue weighted by atomic mass is 32.1. The Labute approximate surface area is 242 Å². The molecule has 0 aliphatic heterocycles. The van der Waals surface area contributed by atoms with Gasteiger partial charge in [-0.3, -0.25) is 19.3 Å². The van der Waals surface area contributed by atoms with Crippen LogP contribution < -0.4 is 21.7 Å². The van der Waals surface area contributed by atoms with E-state index in [2.05, 4.69) is 9.69 Å². The molecular weight excluding hydrogens is 538 g/mol. The molecule has 2 heterocycles. The second-order valence-electron chi connectivity index (χ2n) is 10.3. The van der Waals surface area contributed by atoms with E-state index in [4.69, 9.17) is 15.9 Å². The summed E-state index contributed by atoms with van der Waals surface area (Å²) in [5.74, 6) is -0.516. The second kappa shape index (κ2) is 12.4. The van der Waals surface area contributed by atoms with Gasteiger partial charge in [0, 0.05) is 12.2 Å². The van der Waals surface area contributed by atoms with Crippen molar-refractivity contribution in [2.45, 2.75) is 57.5 Å². The van der Waals surface area contributed by atoms with E-state index in [1.54, 1.807) is 19.1 Å². The Bertz CT molecular complexity index is 1520. The molecule has 1 unspecified atom stereocenters. The number of carbonyl (C=O) groups is 3. The smallest absolute Gasteiger partial charge is 0.273 e. The molecular formula is C31H33N5O4S. The van der Waals surface area contributed by atoms with Crippen LogP contribution in [0.4, 0.5) is 11.4 Å². The van der Waals surface area contributed by atoms with Crippen molar-refractivity contribution in [1.29, 1.82) is 0 Å². The SMILES string of the molecule is Cc1ccc(C(C(=O)NCc2ccccc2)N(C(=O)c2snc(C(N)=O)c2N)c2ccc(C3CCCCC3)cc2)o1. The maximum absolute atomic E-state index is 14.2. The summed E-state index contributed by atoms with van der Waals surface area (Å²) in [6.07, 6.45) is 5.91. The number of nitrogens with zero attached hydrogens (tertiary/aromatic N) is 2. The predicted molar refractivity (Wildman–Crippen MR) is 159 cm³/mol. The molecule has 2 aromatic carbocycles. The molecule has 2 aromatic heterocycles. The fourth-order valence-corrected chi connectivity index (χ4v) is 6.06. The van der Waals surface area contributed by atoms with E-state index >= 15 is 0 Å². The Hall–Kier alpha value is -4.44. The topological polar surface area (TPSA) is 145 Å². The molecule has 41 heavy (non-hydrogen) atoms. The summed E-state index contributed by atoms with van der Waals surface area (Å²) in [7, 11) is 0. The zero-order chi connectivity index (χ0) is 28.9. The van der Waals surface area contributed by atoms with E-state index in [0.29, 0.717) is 17.4 Å². The van der Waals surface area contributed by atoms with Gasteiger partial charge in [0.2, 0.25) is 0 Å². The molecule has 0 saturated heterocycles. The number of hydrogen-bond donors (Lipinski definition) is 3. The summed E-state index contributed by atoms with van der Waals surface area (Å²) in [5.41, 5.74) is 13.9. The summed E-state index contributed by atoms with van der Waals surface area (Å²) in [6, 6.07) is 19.5. The normalized spacial score (nSPS) is 14.4. The van der Waals surface area contributed by atoms with Gasteiger partial charge in [-0.05, 0) is 72.6 Å². The number of nitrogens with one attached hydrogen (secondary N) is 1. The van der Waals surface area contributed by atoms with E-state index in [0.717, 1.165) is 29.9 Å². The van der Waals surface area contributed by atoms with E-state index < -0.39 is 23.8 Å². The summed E-state index contributed by atoms with van der Waals surface area (Å²) in [6.45, 7) is 2.03. The quantitative estimate of drug-likeness (QED) is 0.243. The number of anilines is 2. The van der Waals surface area contributed by atoms with Crippen molar-refractivity contribution in [3.8, 4) is 0 Å². The number of amides is 3. The highest BCUT2D eigenvalue weighted by Gasteiger charge is 2.38. The van der Waals surface area contributed by atoms with Crippen molar-refractivity contribution < 1.29 is 18.8 Å². The van der Waals surface area contributed by atoms with Gasteiger partial charge in [0.25, 0.3) is 17.7 Å². The van der Waals surface area contributed by atoms with Gasteiger partial charge in [-0.2, -0.15) is 4.37 Å². The van der Waals surface area contributed by atoms with Gasteiger partial charge >= 0.3 is 0 Å². The molecule has 1 aliphatic rings. The number of nitrogen functional groups attached to an aromatic ring is 1. The molecule has 3 amide bonds. The summed E-state index contributed by atoms with van der Waals surface area (Å²) >= 11 is 0.772. The maximum atomic E-state index is 14.2. The average molecular weight is 572 g/mol. The molecule has 212 valence electrons. The van der Waals surface area contributed by atoms with Crippen LogP contribution in [0.3, 0.4) is 0 Å². The van der Waals surface area contributed by atoms with Gasteiger partial charge in [-0.1, -0.05) is 61.7 Å². The number of benzene rings is 2. The zero-order valence-corrected chi connectivity index (χ0v) is 23.7. The number of nitrogens with two attached hydrogens (primary N) is 2. The van der Waals surface area contributed by atoms with Gasteiger partial charge in [0.05, 0.1) is 5.69 Å². The number of aromatic nitrogens is 1. The Morgan fingerprint density at radius 1 is 1.02 bits per heavy atom. The van der Waals surface area contributed by atoms with E-state index in [1.165, 1.54) is 29.7 Å². The molecule has 1 saturated carbocycles. The molecule has 10 heteroatoms. The summed E-state index contributed by atoms with van der Waals surface area (Å²) in [5, 5.41) is 2.95. The number of rotatable bonds is 9. The fraction of sp³-hybridized carbons (Fsp3) is 0.290. The number of primary amides is 1. The van der Waals surface area contributed by atoms with Crippen molar-refractivity contribution in [3.63, 3.8) is 0 Å². The highest BCUT2D eigenvalue weighted by Crippen LogP contribution is 2.37. The third-order valence-electron chi connectivity index (χ3n) is 7.47. The van der Waals surface area contributed by atoms with Crippen LogP contribution in [0.1, 0.15) is 86.9 Å². The molecule has 1 atom stereocenters. The Kier molecular flexibility index (Phi) is 8.49. The van der Waals surface area contributed by atoms with Crippen molar-refractivity contribution in [2.75, 3.05) is 10.6 Å². The zero-order valence-electron chi connectivity index (χ0n) is 22.8. The second-order valence-corrected chi connectivity index (χ2v) is 11.1. The Balaban J connectivity index is 1.56. The maximum Gasteiger partial charge on any atom is 0.273 e. The molecule has 4 aromatic rings. The van der Waals surface area contributed by atoms with Gasteiger partial charge in [-0.25, -0.2) is 0 Å². The minimum absolute atomic E-state index is 0.0132. The first kappa shape index (κ1) is 28.1. The van der Waals surface area contributed by atoms with Crippen LogP contribution in [0, 0.1) is 6.92 Å². The van der Waals surface area contributed by atoms with Crippen LogP contribution in [0.5, 0.6) is 0 Å². The highest BCUT2D eigenvalue weighted by molar-refractivity contribution is 7.09. The van der Waals surface area contributed by atoms with Crippen LogP contribution in [0.25, 0.3) is 0 Å². The van der Waals surface area contributed by atoms with E-state index in [1.807, 2.05) is 54.6 Å². The first-order valence-corrected chi connectivity index (χ1v) is 14.5. The number of aryl methyl sites for hydroxylation is 1. The van der Waals surface area contributed by atoms with Gasteiger partial charge in [0.15, 0.2) is 11.7 Å². The number of carbonyl (C=O) groups excluding carboxylic acids is 3. The molecule has 9 nitrogen and oxygen atoms in total. The molecule has 0 bridgehead atoms. The third kappa shape index (κ3) is 6.17. The van der Waals surface area contributed by atoms with Crippen molar-refractivity contribution in [3.05, 3.63) is 99.9 Å². The lowest BCUT2D eigenvalue weighted by atomic mass is 9.84. The van der Waals surface area contributed by atoms with Crippen molar-refractivity contribution >= 4 is 40.6 Å². The Morgan fingerprint density at radius 3 is 2.34 bits per heavy atom. The molecule has 1 aliphatic carbocycles. The minimum Gasteiger partial charge on any atom is -0.464 e. The predicted octanol–water partition coefficient (Wildman–Crippen LogP) is 5.48. The average Bonchev–Trinajstić information content (AvgIpc) is 3.60. The molecule has 0 spiro atoms. The van der Waals surface area contributed by atoms with Crippen LogP contribution in [-0.4, -0.2) is 22.1 Å². The largest absolute Gasteiger partial charge is 0.464 e. The molecule has 0 radical (unpaired) electrons. The Morgan fingerprint density at radius 2 is 1.73 bits per heavy atom. The standard InChI is InChI=1S/C31H33N5O4S/c1-19-12-17-24(40-19)27(30(38)34-18-20-8-4-2-5-9-20)36(31(39)28-25(32)26(29(33)37)35-41-28)23-15-13-22(14-16-23)21-10-6-3-7-11-21/h2,4-5,8-9,12-17,21,27H,3,6-7,10-11,18,32H2,1H3,(H2,33,37)(H,34,38). The van der Waals surface area contributed by atoms with Crippen molar-refractivity contribution in [1.82, 2.24) is 9.69 Å². The van der Waals surface area contributed by atoms with E-state index in [9.17, 15) is 14.4 Å². The van der Waals surface area contributed by atoms with Crippen LogP contribution in [-0.2, 0) is 11.3 Å². The number of furan rings is 1. The van der Waals surface area contributed by atoms with Crippen LogP contribution in [0.15, 0.2) is 71.1 Å². The van der Waals surface area contributed by atoms with Gasteiger partial charge < -0.3 is 21.2 Å². The van der Waals surface area contributed by atoms with E-state index in [-0.39, 0.29) is 28.6 Å². The monoisotopic (exact) mass is 571 g/mol. The van der Waals surface area contributed by atoms with Crippen LogP contribution in [0.2, 0.25) is 0 Å². The molecule has 5 N–H and O–H groups in total. The molecule has 1 fully saturated rings. The van der Waals surface area contributed by atoms with Gasteiger partial charge in [-0.15, -0.1) is 0 Å². The van der Waals surface area contributed by atoms with Crippen LogP contribution >= 0.6 is 11.5 Å². The van der Waals surface area contributed by atoms with Crippen molar-refractivity contribution in [2.24, 2.45) is 5.73 Å².